The van der Waals surface area contributed by atoms with Crippen molar-refractivity contribution in [3.8, 4) is 0 Å². The lowest BCUT2D eigenvalue weighted by atomic mass is 10.1. The van der Waals surface area contributed by atoms with Gasteiger partial charge in [0.25, 0.3) is 5.56 Å². The molecule has 0 atom stereocenters. The fourth-order valence-electron chi connectivity index (χ4n) is 3.91. The number of aromatic nitrogens is 3. The van der Waals surface area contributed by atoms with Crippen LogP contribution in [0.2, 0.25) is 0 Å². The predicted octanol–water partition coefficient (Wildman–Crippen LogP) is 3.12. The highest BCUT2D eigenvalue weighted by Crippen LogP contribution is 2.39. The van der Waals surface area contributed by atoms with E-state index in [1.54, 1.807) is 0 Å². The van der Waals surface area contributed by atoms with Crippen molar-refractivity contribution in [3.05, 3.63) is 44.2 Å². The molecular formula is C20H19F3N4O4S. The first-order valence-electron chi connectivity index (χ1n) is 9.77. The van der Waals surface area contributed by atoms with Gasteiger partial charge in [-0.15, -0.1) is 11.3 Å². The summed E-state index contributed by atoms with van der Waals surface area (Å²) in [5.74, 6) is -1.01. The Morgan fingerprint density at radius 2 is 2.06 bits per heavy atom. The molecule has 4 rings (SSSR count). The molecule has 1 amide bonds. The van der Waals surface area contributed by atoms with Gasteiger partial charge in [0, 0.05) is 42.5 Å². The standard InChI is InChI=1S/C20H19F3N4O4S/c1-26-9-11-12(20(21,22)23)8-15(29)27(17(11)25-26)7-6-14(28)24-18-16(19(30)31-2)10-4-3-5-13(10)32-18/h8-9H,3-7H2,1-2H3,(H,24,28). The quantitative estimate of drug-likeness (QED) is 0.581. The maximum absolute atomic E-state index is 13.3. The molecule has 170 valence electrons. The molecule has 0 fully saturated rings. The van der Waals surface area contributed by atoms with Crippen LogP contribution in [0.4, 0.5) is 18.2 Å². The Morgan fingerprint density at radius 3 is 2.75 bits per heavy atom. The third-order valence-electron chi connectivity index (χ3n) is 5.32. The number of alkyl halides is 3. The lowest BCUT2D eigenvalue weighted by Crippen LogP contribution is -2.25. The van der Waals surface area contributed by atoms with E-state index in [2.05, 4.69) is 10.4 Å². The van der Waals surface area contributed by atoms with Crippen LogP contribution in [0.1, 0.15) is 39.2 Å². The number of aryl methyl sites for hydroxylation is 3. The molecule has 0 unspecified atom stereocenters. The van der Waals surface area contributed by atoms with Crippen molar-refractivity contribution in [1.82, 2.24) is 14.3 Å². The summed E-state index contributed by atoms with van der Waals surface area (Å²) in [6, 6.07) is 0.515. The summed E-state index contributed by atoms with van der Waals surface area (Å²) < 4.78 is 47.0. The van der Waals surface area contributed by atoms with Gasteiger partial charge in [0.1, 0.15) is 5.00 Å². The smallest absolute Gasteiger partial charge is 0.417 e. The molecule has 0 saturated heterocycles. The minimum absolute atomic E-state index is 0.148. The molecule has 0 bridgehead atoms. The van der Waals surface area contributed by atoms with Crippen molar-refractivity contribution in [2.24, 2.45) is 7.05 Å². The van der Waals surface area contributed by atoms with Crippen LogP contribution in [0.5, 0.6) is 0 Å². The number of hydrogen-bond donors (Lipinski definition) is 1. The fourth-order valence-corrected chi connectivity index (χ4v) is 5.21. The van der Waals surface area contributed by atoms with Crippen molar-refractivity contribution in [1.29, 1.82) is 0 Å². The van der Waals surface area contributed by atoms with Crippen LogP contribution in [0, 0.1) is 0 Å². The number of carbonyl (C=O) groups excluding carboxylic acids is 2. The van der Waals surface area contributed by atoms with Gasteiger partial charge in [0.15, 0.2) is 5.65 Å². The average molecular weight is 468 g/mol. The highest BCUT2D eigenvalue weighted by molar-refractivity contribution is 7.17. The van der Waals surface area contributed by atoms with E-state index in [1.807, 2.05) is 0 Å². The van der Waals surface area contributed by atoms with E-state index in [-0.39, 0.29) is 24.0 Å². The first kappa shape index (κ1) is 22.1. The third-order valence-corrected chi connectivity index (χ3v) is 6.53. The van der Waals surface area contributed by atoms with E-state index < -0.39 is 29.2 Å². The number of thiophene rings is 1. The van der Waals surface area contributed by atoms with Gasteiger partial charge in [-0.3, -0.25) is 18.8 Å². The van der Waals surface area contributed by atoms with Gasteiger partial charge in [-0.2, -0.15) is 18.3 Å². The summed E-state index contributed by atoms with van der Waals surface area (Å²) >= 11 is 1.31. The molecule has 0 saturated carbocycles. The number of halogens is 3. The number of rotatable bonds is 5. The molecule has 8 nitrogen and oxygen atoms in total. The third kappa shape index (κ3) is 3.90. The van der Waals surface area contributed by atoms with Crippen LogP contribution in [0.15, 0.2) is 17.1 Å². The first-order valence-corrected chi connectivity index (χ1v) is 10.6. The number of esters is 1. The summed E-state index contributed by atoms with van der Waals surface area (Å²) in [5.41, 5.74) is -0.891. The zero-order valence-electron chi connectivity index (χ0n) is 17.2. The average Bonchev–Trinajstić information content (AvgIpc) is 3.39. The highest BCUT2D eigenvalue weighted by atomic mass is 32.1. The number of nitrogens with one attached hydrogen (secondary N) is 1. The number of anilines is 1. The Kier molecular flexibility index (Phi) is 5.57. The van der Waals surface area contributed by atoms with E-state index >= 15 is 0 Å². The van der Waals surface area contributed by atoms with Gasteiger partial charge in [-0.1, -0.05) is 0 Å². The van der Waals surface area contributed by atoms with Crippen LogP contribution in [-0.4, -0.2) is 33.3 Å². The molecule has 1 aliphatic rings. The van der Waals surface area contributed by atoms with Crippen molar-refractivity contribution in [3.63, 3.8) is 0 Å². The monoisotopic (exact) mass is 468 g/mol. The number of ether oxygens (including phenoxy) is 1. The SMILES string of the molecule is COC(=O)c1c(NC(=O)CCn2c(=O)cc(C(F)(F)F)c3cn(C)nc32)sc2c1CCC2. The summed E-state index contributed by atoms with van der Waals surface area (Å²) in [7, 11) is 2.72. The summed E-state index contributed by atoms with van der Waals surface area (Å²) in [5, 5.41) is 6.84. The van der Waals surface area contributed by atoms with E-state index in [0.717, 1.165) is 34.3 Å². The number of hydrogen-bond acceptors (Lipinski definition) is 6. The number of fused-ring (bicyclic) bond motifs is 2. The van der Waals surface area contributed by atoms with E-state index in [9.17, 15) is 27.6 Å². The van der Waals surface area contributed by atoms with Crippen LogP contribution < -0.4 is 10.9 Å². The maximum Gasteiger partial charge on any atom is 0.417 e. The Bertz CT molecular complexity index is 1290. The summed E-state index contributed by atoms with van der Waals surface area (Å²) in [6.45, 7) is -0.172. The maximum atomic E-state index is 13.3. The Morgan fingerprint density at radius 1 is 1.31 bits per heavy atom. The van der Waals surface area contributed by atoms with Crippen molar-refractivity contribution in [2.45, 2.75) is 38.4 Å². The zero-order chi connectivity index (χ0) is 23.2. The molecule has 1 aliphatic carbocycles. The Hall–Kier alpha value is -3.15. The van der Waals surface area contributed by atoms with E-state index in [4.69, 9.17) is 4.74 Å². The number of pyridine rings is 1. The molecule has 0 aliphatic heterocycles. The number of carbonyl (C=O) groups is 2. The predicted molar refractivity (Wildman–Crippen MR) is 111 cm³/mol. The minimum Gasteiger partial charge on any atom is -0.465 e. The van der Waals surface area contributed by atoms with Gasteiger partial charge >= 0.3 is 12.1 Å². The highest BCUT2D eigenvalue weighted by Gasteiger charge is 2.35. The van der Waals surface area contributed by atoms with Crippen LogP contribution in [0.3, 0.4) is 0 Å². The second-order valence-corrected chi connectivity index (χ2v) is 8.54. The molecule has 0 radical (unpaired) electrons. The lowest BCUT2D eigenvalue weighted by Gasteiger charge is -2.12. The second-order valence-electron chi connectivity index (χ2n) is 7.44. The number of nitrogens with zero attached hydrogens (tertiary/aromatic N) is 3. The first-order chi connectivity index (χ1) is 15.1. The molecule has 3 heterocycles. The molecule has 32 heavy (non-hydrogen) atoms. The molecule has 0 spiro atoms. The number of amides is 1. The number of methoxy groups -OCH3 is 1. The van der Waals surface area contributed by atoms with E-state index in [0.29, 0.717) is 16.6 Å². The van der Waals surface area contributed by atoms with Gasteiger partial charge in [-0.05, 0) is 24.8 Å². The van der Waals surface area contributed by atoms with Crippen molar-refractivity contribution >= 4 is 39.2 Å². The molecule has 12 heteroatoms. The fraction of sp³-hybridized carbons (Fsp3) is 0.400. The topological polar surface area (TPSA) is 95.2 Å². The summed E-state index contributed by atoms with van der Waals surface area (Å²) in [4.78, 5) is 38.2. The molecule has 0 aromatic carbocycles. The largest absolute Gasteiger partial charge is 0.465 e. The molecule has 1 N–H and O–H groups in total. The van der Waals surface area contributed by atoms with Crippen LogP contribution in [-0.2, 0) is 42.1 Å². The Balaban J connectivity index is 1.58. The van der Waals surface area contributed by atoms with E-state index in [1.165, 1.54) is 36.4 Å². The Labute approximate surface area is 183 Å². The van der Waals surface area contributed by atoms with Crippen molar-refractivity contribution in [2.75, 3.05) is 12.4 Å². The van der Waals surface area contributed by atoms with Crippen molar-refractivity contribution < 1.29 is 27.5 Å². The van der Waals surface area contributed by atoms with Gasteiger partial charge in [0.05, 0.1) is 18.2 Å². The normalized spacial score (nSPS) is 13.4. The summed E-state index contributed by atoms with van der Waals surface area (Å²) in [6.07, 6.45) is -1.25. The van der Waals surface area contributed by atoms with Crippen LogP contribution >= 0.6 is 11.3 Å². The van der Waals surface area contributed by atoms with Crippen LogP contribution in [0.25, 0.3) is 11.0 Å². The van der Waals surface area contributed by atoms with Gasteiger partial charge in [-0.25, -0.2) is 4.79 Å². The van der Waals surface area contributed by atoms with Gasteiger partial charge in [0.2, 0.25) is 5.91 Å². The minimum atomic E-state index is -4.71. The molecule has 3 aromatic heterocycles. The second kappa shape index (κ2) is 8.08. The van der Waals surface area contributed by atoms with Gasteiger partial charge < -0.3 is 10.1 Å². The zero-order valence-corrected chi connectivity index (χ0v) is 18.0. The molecular weight excluding hydrogens is 449 g/mol. The molecule has 3 aromatic rings. The lowest BCUT2D eigenvalue weighted by molar-refractivity contribution is -0.136.